The zero-order chi connectivity index (χ0) is 20.6. The van der Waals surface area contributed by atoms with Crippen LogP contribution in [0, 0.1) is 18.3 Å². The van der Waals surface area contributed by atoms with Gasteiger partial charge in [-0.2, -0.15) is 0 Å². The fourth-order valence-electron chi connectivity index (χ4n) is 4.15. The molecule has 2 heteroatoms. The molecule has 0 aliphatic heterocycles. The molecule has 3 aromatic rings. The highest BCUT2D eigenvalue weighted by molar-refractivity contribution is 6.13. The van der Waals surface area contributed by atoms with Gasteiger partial charge in [0.25, 0.3) is 0 Å². The van der Waals surface area contributed by atoms with Gasteiger partial charge in [-0.3, -0.25) is 9.59 Å². The molecule has 4 rings (SSSR count). The molecule has 2 atom stereocenters. The van der Waals surface area contributed by atoms with E-state index in [4.69, 9.17) is 0 Å². The van der Waals surface area contributed by atoms with Gasteiger partial charge in [0, 0.05) is 17.0 Å². The molecule has 0 radical (unpaired) electrons. The van der Waals surface area contributed by atoms with Crippen LogP contribution in [0.4, 0.5) is 0 Å². The summed E-state index contributed by atoms with van der Waals surface area (Å²) >= 11 is 0. The van der Waals surface area contributed by atoms with E-state index in [1.54, 1.807) is 0 Å². The molecule has 1 unspecified atom stereocenters. The van der Waals surface area contributed by atoms with E-state index in [-0.39, 0.29) is 11.6 Å². The van der Waals surface area contributed by atoms with Crippen molar-refractivity contribution >= 4 is 17.1 Å². The topological polar surface area (TPSA) is 34.1 Å². The highest BCUT2D eigenvalue weighted by atomic mass is 16.1. The van der Waals surface area contributed by atoms with Crippen molar-refractivity contribution < 1.29 is 9.59 Å². The van der Waals surface area contributed by atoms with E-state index in [0.717, 1.165) is 22.3 Å². The van der Waals surface area contributed by atoms with Gasteiger partial charge in [-0.25, -0.2) is 0 Å². The van der Waals surface area contributed by atoms with E-state index in [0.29, 0.717) is 11.1 Å². The van der Waals surface area contributed by atoms with Crippen LogP contribution in [-0.4, -0.2) is 11.6 Å². The number of Topliss-reactive ketones (excluding diaryl/α,β-unsaturated/α-hetero) is 2. The molecule has 0 fully saturated rings. The SMILES string of the molecule is Cc1cccc(C2=C[C@@](C)(C(C)C(=O)c3ccccc3)C(=O)c3ccccc32)c1. The maximum atomic E-state index is 13.6. The Bertz CT molecular complexity index is 1120. The summed E-state index contributed by atoms with van der Waals surface area (Å²) in [7, 11) is 0. The second-order valence-electron chi connectivity index (χ2n) is 8.04. The first kappa shape index (κ1) is 19.1. The van der Waals surface area contributed by atoms with Gasteiger partial charge >= 0.3 is 0 Å². The molecule has 0 aromatic heterocycles. The van der Waals surface area contributed by atoms with Crippen molar-refractivity contribution in [1.29, 1.82) is 0 Å². The normalized spacial score (nSPS) is 19.3. The molecule has 29 heavy (non-hydrogen) atoms. The summed E-state index contributed by atoms with van der Waals surface area (Å²) < 4.78 is 0. The van der Waals surface area contributed by atoms with Gasteiger partial charge in [-0.15, -0.1) is 0 Å². The zero-order valence-corrected chi connectivity index (χ0v) is 17.0. The summed E-state index contributed by atoms with van der Waals surface area (Å²) in [5.41, 5.74) is 4.57. The number of carbonyl (C=O) groups excluding carboxylic acids is 2. The molecule has 0 spiro atoms. The summed E-state index contributed by atoms with van der Waals surface area (Å²) in [4.78, 5) is 26.8. The average molecular weight is 380 g/mol. The fourth-order valence-corrected chi connectivity index (χ4v) is 4.15. The number of aryl methyl sites for hydroxylation is 1. The third-order valence-corrected chi connectivity index (χ3v) is 6.08. The lowest BCUT2D eigenvalue weighted by Gasteiger charge is -2.36. The molecule has 0 saturated carbocycles. The largest absolute Gasteiger partial charge is 0.294 e. The van der Waals surface area contributed by atoms with Crippen molar-refractivity contribution in [2.45, 2.75) is 20.8 Å². The van der Waals surface area contributed by atoms with Gasteiger partial charge in [-0.1, -0.05) is 97.4 Å². The van der Waals surface area contributed by atoms with Crippen LogP contribution in [-0.2, 0) is 0 Å². The number of fused-ring (bicyclic) bond motifs is 1. The van der Waals surface area contributed by atoms with Gasteiger partial charge in [0.15, 0.2) is 11.6 Å². The van der Waals surface area contributed by atoms with Gasteiger partial charge in [0.1, 0.15) is 0 Å². The monoisotopic (exact) mass is 380 g/mol. The number of carbonyl (C=O) groups is 2. The molecule has 3 aromatic carbocycles. The van der Waals surface area contributed by atoms with Gasteiger partial charge < -0.3 is 0 Å². The molecule has 0 heterocycles. The Kier molecular flexibility index (Phi) is 4.79. The quantitative estimate of drug-likeness (QED) is 0.509. The minimum Gasteiger partial charge on any atom is -0.294 e. The van der Waals surface area contributed by atoms with Gasteiger partial charge in [-0.05, 0) is 30.5 Å². The highest BCUT2D eigenvalue weighted by Gasteiger charge is 2.45. The minimum absolute atomic E-state index is 0.00119. The van der Waals surface area contributed by atoms with E-state index >= 15 is 0 Å². The number of allylic oxidation sites excluding steroid dienone is 1. The van der Waals surface area contributed by atoms with Crippen molar-refractivity contribution in [3.05, 3.63) is 113 Å². The summed E-state index contributed by atoms with van der Waals surface area (Å²) in [5.74, 6) is -0.493. The lowest BCUT2D eigenvalue weighted by molar-refractivity contribution is 0.0708. The predicted molar refractivity (Wildman–Crippen MR) is 117 cm³/mol. The number of ketones is 2. The first-order valence-corrected chi connectivity index (χ1v) is 9.95. The van der Waals surface area contributed by atoms with Crippen molar-refractivity contribution in [3.8, 4) is 0 Å². The van der Waals surface area contributed by atoms with Crippen molar-refractivity contribution in [1.82, 2.24) is 0 Å². The summed E-state index contributed by atoms with van der Waals surface area (Å²) in [5, 5.41) is 0. The molecule has 1 aliphatic carbocycles. The molecule has 0 amide bonds. The van der Waals surface area contributed by atoms with Crippen molar-refractivity contribution in [2.75, 3.05) is 0 Å². The van der Waals surface area contributed by atoms with Crippen LogP contribution in [0.5, 0.6) is 0 Å². The Morgan fingerprint density at radius 1 is 0.862 bits per heavy atom. The number of rotatable bonds is 4. The van der Waals surface area contributed by atoms with Crippen molar-refractivity contribution in [3.63, 3.8) is 0 Å². The minimum atomic E-state index is -0.916. The maximum Gasteiger partial charge on any atom is 0.173 e. The average Bonchev–Trinajstić information content (AvgIpc) is 2.76. The Hall–Kier alpha value is -3.26. The standard InChI is InChI=1S/C27H24O2/c1-18-10-9-13-21(16-18)24-17-27(3,26(29)23-15-8-7-14-22(23)24)19(2)25(28)20-11-5-4-6-12-20/h4-17,19H,1-3H3/t19?,27-/m0/s1. The second kappa shape index (κ2) is 7.29. The molecular weight excluding hydrogens is 356 g/mol. The van der Waals surface area contributed by atoms with Crippen LogP contribution in [0.3, 0.4) is 0 Å². The van der Waals surface area contributed by atoms with E-state index in [1.807, 2.05) is 80.6 Å². The van der Waals surface area contributed by atoms with Crippen LogP contribution in [0.1, 0.15) is 51.3 Å². The summed E-state index contributed by atoms with van der Waals surface area (Å²) in [6.07, 6.45) is 2.01. The van der Waals surface area contributed by atoms with E-state index in [2.05, 4.69) is 25.1 Å². The lowest BCUT2D eigenvalue weighted by atomic mass is 9.64. The van der Waals surface area contributed by atoms with E-state index in [9.17, 15) is 9.59 Å². The second-order valence-corrected chi connectivity index (χ2v) is 8.04. The first-order valence-electron chi connectivity index (χ1n) is 9.95. The lowest BCUT2D eigenvalue weighted by Crippen LogP contribution is -2.40. The Balaban J connectivity index is 1.88. The molecular formula is C27H24O2. The Labute approximate surface area is 171 Å². The third kappa shape index (κ3) is 3.25. The number of benzene rings is 3. The zero-order valence-electron chi connectivity index (χ0n) is 17.0. The predicted octanol–water partition coefficient (Wildman–Crippen LogP) is 6.15. The molecule has 0 bridgehead atoms. The van der Waals surface area contributed by atoms with E-state index < -0.39 is 11.3 Å². The smallest absolute Gasteiger partial charge is 0.173 e. The number of hydrogen-bond donors (Lipinski definition) is 0. The Morgan fingerprint density at radius 3 is 2.21 bits per heavy atom. The van der Waals surface area contributed by atoms with Crippen LogP contribution >= 0.6 is 0 Å². The van der Waals surface area contributed by atoms with Crippen LogP contribution in [0.25, 0.3) is 5.57 Å². The van der Waals surface area contributed by atoms with Crippen LogP contribution < -0.4 is 0 Å². The van der Waals surface area contributed by atoms with Gasteiger partial charge in [0.2, 0.25) is 0 Å². The molecule has 144 valence electrons. The van der Waals surface area contributed by atoms with E-state index in [1.165, 1.54) is 0 Å². The maximum absolute atomic E-state index is 13.6. The van der Waals surface area contributed by atoms with Crippen molar-refractivity contribution in [2.24, 2.45) is 11.3 Å². The third-order valence-electron chi connectivity index (χ3n) is 6.08. The number of hydrogen-bond acceptors (Lipinski definition) is 2. The summed E-state index contributed by atoms with van der Waals surface area (Å²) in [6.45, 7) is 5.82. The van der Waals surface area contributed by atoms with Gasteiger partial charge in [0.05, 0.1) is 5.41 Å². The van der Waals surface area contributed by atoms with Crippen LogP contribution in [0.2, 0.25) is 0 Å². The molecule has 0 N–H and O–H groups in total. The molecule has 2 nitrogen and oxygen atoms in total. The highest BCUT2D eigenvalue weighted by Crippen LogP contribution is 2.44. The molecule has 0 saturated heterocycles. The molecule has 1 aliphatic rings. The summed E-state index contributed by atoms with van der Waals surface area (Å²) in [6, 6.07) is 25.2. The fraction of sp³-hybridized carbons (Fsp3) is 0.185. The Morgan fingerprint density at radius 2 is 1.52 bits per heavy atom. The van der Waals surface area contributed by atoms with Crippen LogP contribution in [0.15, 0.2) is 84.9 Å². The first-order chi connectivity index (χ1) is 13.9.